The largest absolute Gasteiger partial charge is 0.359 e. The molecule has 0 radical (unpaired) electrons. The third kappa shape index (κ3) is 3.58. The minimum absolute atomic E-state index is 0.238. The summed E-state index contributed by atoms with van der Waals surface area (Å²) < 4.78 is 27.9. The number of alkyl halides is 1. The van der Waals surface area contributed by atoms with Crippen LogP contribution in [0.5, 0.6) is 0 Å². The number of aromatic nitrogens is 5. The number of aryl methyl sites for hydroxylation is 1. The van der Waals surface area contributed by atoms with E-state index in [1.165, 1.54) is 41.4 Å². The molecule has 4 rings (SSSR count). The molecule has 146 valence electrons. The van der Waals surface area contributed by atoms with E-state index >= 15 is 0 Å². The molecule has 0 bridgehead atoms. The van der Waals surface area contributed by atoms with E-state index in [0.29, 0.717) is 27.5 Å². The Morgan fingerprint density at radius 3 is 2.86 bits per heavy atom. The summed E-state index contributed by atoms with van der Waals surface area (Å²) in [5, 5.41) is 13.5. The molecule has 3 aromatic heterocycles. The van der Waals surface area contributed by atoms with Crippen molar-refractivity contribution >= 4 is 28.2 Å². The van der Waals surface area contributed by atoms with E-state index in [4.69, 9.17) is 0 Å². The highest BCUT2D eigenvalue weighted by molar-refractivity contribution is 7.98. The van der Waals surface area contributed by atoms with Crippen molar-refractivity contribution in [3.63, 3.8) is 0 Å². The van der Waals surface area contributed by atoms with Crippen LogP contribution in [0, 0.1) is 12.7 Å². The average Bonchev–Trinajstić information content (AvgIpc) is 3.14. The van der Waals surface area contributed by atoms with Crippen molar-refractivity contribution in [2.24, 2.45) is 0 Å². The lowest BCUT2D eigenvalue weighted by Crippen LogP contribution is -2.48. The summed E-state index contributed by atoms with van der Waals surface area (Å²) >= 11 is 2.81. The molecular formula is C18H18F2N6S2. The van der Waals surface area contributed by atoms with Crippen LogP contribution in [0.1, 0.15) is 24.1 Å². The number of pyridine rings is 1. The first-order valence-electron chi connectivity index (χ1n) is 8.71. The summed E-state index contributed by atoms with van der Waals surface area (Å²) in [6.07, 6.45) is 4.74. The van der Waals surface area contributed by atoms with E-state index in [9.17, 15) is 8.78 Å². The van der Waals surface area contributed by atoms with Gasteiger partial charge in [0.15, 0.2) is 10.2 Å². The number of thioether (sulfide) groups is 1. The number of nitrogens with one attached hydrogen (secondary N) is 1. The number of anilines is 1. The van der Waals surface area contributed by atoms with Crippen LogP contribution in [0.25, 0.3) is 10.7 Å². The molecule has 0 saturated heterocycles. The van der Waals surface area contributed by atoms with Gasteiger partial charge >= 0.3 is 0 Å². The van der Waals surface area contributed by atoms with Gasteiger partial charge in [-0.2, -0.15) is 0 Å². The third-order valence-electron chi connectivity index (χ3n) is 4.82. The molecule has 10 heteroatoms. The average molecular weight is 421 g/mol. The van der Waals surface area contributed by atoms with Gasteiger partial charge in [-0.1, -0.05) is 23.1 Å². The Morgan fingerprint density at radius 2 is 2.14 bits per heavy atom. The van der Waals surface area contributed by atoms with Crippen molar-refractivity contribution in [1.29, 1.82) is 0 Å². The lowest BCUT2D eigenvalue weighted by molar-refractivity contribution is 0.0965. The van der Waals surface area contributed by atoms with Gasteiger partial charge in [-0.15, -0.1) is 10.2 Å². The number of nitrogens with zero attached hydrogens (tertiary/aromatic N) is 5. The van der Waals surface area contributed by atoms with Crippen LogP contribution in [-0.4, -0.2) is 44.1 Å². The van der Waals surface area contributed by atoms with Crippen molar-refractivity contribution in [2.75, 3.05) is 18.1 Å². The Labute approximate surface area is 169 Å². The summed E-state index contributed by atoms with van der Waals surface area (Å²) in [5.41, 5.74) is 1.28. The van der Waals surface area contributed by atoms with Crippen molar-refractivity contribution in [1.82, 2.24) is 25.1 Å². The molecule has 0 unspecified atom stereocenters. The Kier molecular flexibility index (Phi) is 5.24. The van der Waals surface area contributed by atoms with Crippen LogP contribution in [-0.2, 0) is 5.41 Å². The molecule has 1 N–H and O–H groups in total. The van der Waals surface area contributed by atoms with E-state index in [1.807, 2.05) is 13.2 Å². The lowest BCUT2D eigenvalue weighted by atomic mass is 9.65. The number of rotatable bonds is 6. The Hall–Kier alpha value is -2.20. The predicted molar refractivity (Wildman–Crippen MR) is 106 cm³/mol. The fraction of sp³-hybridized carbons (Fsp3) is 0.389. The maximum absolute atomic E-state index is 14.2. The second-order valence-corrected chi connectivity index (χ2v) is 8.52. The summed E-state index contributed by atoms with van der Waals surface area (Å²) in [6, 6.07) is 2.90. The molecule has 1 saturated carbocycles. The molecule has 28 heavy (non-hydrogen) atoms. The standard InChI is InChI=1S/C18H18F2N6S2/c1-10-8-22-16(27-2)24-13(10)15-25-26-17(28-15)23-9-18(6-11(19)7-18)14-12(20)4-3-5-21-14/h3-5,8,11H,6-7,9H2,1-2H3,(H,23,26)/t11-,18-. The normalized spacial score (nSPS) is 21.4. The quantitative estimate of drug-likeness (QED) is 0.476. The van der Waals surface area contributed by atoms with Crippen LogP contribution in [0.2, 0.25) is 0 Å². The second kappa shape index (κ2) is 7.67. The fourth-order valence-corrected chi connectivity index (χ4v) is 4.50. The number of hydrogen-bond donors (Lipinski definition) is 1. The minimum Gasteiger partial charge on any atom is -0.359 e. The molecule has 0 amide bonds. The zero-order valence-corrected chi connectivity index (χ0v) is 16.9. The summed E-state index contributed by atoms with van der Waals surface area (Å²) in [7, 11) is 0. The van der Waals surface area contributed by atoms with Crippen molar-refractivity contribution in [2.45, 2.75) is 36.5 Å². The van der Waals surface area contributed by atoms with Crippen LogP contribution in [0.4, 0.5) is 13.9 Å². The fourth-order valence-electron chi connectivity index (χ4n) is 3.36. The van der Waals surface area contributed by atoms with Crippen LogP contribution < -0.4 is 5.32 Å². The Balaban J connectivity index is 1.54. The summed E-state index contributed by atoms with van der Waals surface area (Å²) in [5.74, 6) is -0.407. The topological polar surface area (TPSA) is 76.5 Å². The van der Waals surface area contributed by atoms with E-state index in [-0.39, 0.29) is 12.8 Å². The van der Waals surface area contributed by atoms with E-state index < -0.39 is 17.4 Å². The van der Waals surface area contributed by atoms with Gasteiger partial charge in [0.05, 0.1) is 5.69 Å². The Morgan fingerprint density at radius 1 is 1.32 bits per heavy atom. The molecule has 1 aliphatic rings. The first-order valence-corrected chi connectivity index (χ1v) is 10.8. The van der Waals surface area contributed by atoms with Crippen LogP contribution in [0.15, 0.2) is 29.7 Å². The summed E-state index contributed by atoms with van der Waals surface area (Å²) in [6.45, 7) is 2.26. The molecule has 0 aliphatic heterocycles. The van der Waals surface area contributed by atoms with Gasteiger partial charge in [-0.25, -0.2) is 18.7 Å². The van der Waals surface area contributed by atoms with Gasteiger partial charge in [0.1, 0.15) is 17.7 Å². The van der Waals surface area contributed by atoms with E-state index in [1.54, 1.807) is 6.20 Å². The highest BCUT2D eigenvalue weighted by Gasteiger charge is 2.48. The predicted octanol–water partition coefficient (Wildman–Crippen LogP) is 4.04. The molecule has 6 nitrogen and oxygen atoms in total. The molecule has 1 aliphatic carbocycles. The monoisotopic (exact) mass is 420 g/mol. The van der Waals surface area contributed by atoms with Crippen molar-refractivity contribution in [3.8, 4) is 10.7 Å². The van der Waals surface area contributed by atoms with Gasteiger partial charge in [0, 0.05) is 24.4 Å². The molecule has 0 aromatic carbocycles. The zero-order chi connectivity index (χ0) is 19.7. The maximum atomic E-state index is 14.2. The van der Waals surface area contributed by atoms with Crippen LogP contribution in [0.3, 0.4) is 0 Å². The minimum atomic E-state index is -0.943. The van der Waals surface area contributed by atoms with E-state index in [2.05, 4.69) is 30.5 Å². The Bertz CT molecular complexity index is 990. The molecule has 3 heterocycles. The van der Waals surface area contributed by atoms with E-state index in [0.717, 1.165) is 11.3 Å². The molecule has 0 spiro atoms. The maximum Gasteiger partial charge on any atom is 0.206 e. The number of hydrogen-bond acceptors (Lipinski definition) is 8. The van der Waals surface area contributed by atoms with Crippen molar-refractivity contribution in [3.05, 3.63) is 41.6 Å². The smallest absolute Gasteiger partial charge is 0.206 e. The highest BCUT2D eigenvalue weighted by Crippen LogP contribution is 2.45. The van der Waals surface area contributed by atoms with Crippen LogP contribution >= 0.6 is 23.1 Å². The zero-order valence-electron chi connectivity index (χ0n) is 15.3. The van der Waals surface area contributed by atoms with Gasteiger partial charge in [-0.05, 0) is 43.7 Å². The van der Waals surface area contributed by atoms with Gasteiger partial charge < -0.3 is 5.32 Å². The molecular weight excluding hydrogens is 402 g/mol. The third-order valence-corrected chi connectivity index (χ3v) is 6.27. The molecule has 3 aromatic rings. The second-order valence-electron chi connectivity index (χ2n) is 6.77. The molecule has 0 atom stereocenters. The first kappa shape index (κ1) is 19.1. The van der Waals surface area contributed by atoms with Crippen molar-refractivity contribution < 1.29 is 8.78 Å². The first-order chi connectivity index (χ1) is 13.5. The SMILES string of the molecule is CSc1ncc(C)c(-c2nnc(NC[C@]3(c4ncccc4F)C[C@H](F)C3)s2)n1. The van der Waals surface area contributed by atoms with Gasteiger partial charge in [0.25, 0.3) is 0 Å². The lowest BCUT2D eigenvalue weighted by Gasteiger charge is -2.43. The highest BCUT2D eigenvalue weighted by atomic mass is 32.2. The van der Waals surface area contributed by atoms with Gasteiger partial charge in [0.2, 0.25) is 5.13 Å². The number of halogens is 2. The summed E-state index contributed by atoms with van der Waals surface area (Å²) in [4.78, 5) is 12.9. The molecule has 1 fully saturated rings. The van der Waals surface area contributed by atoms with Gasteiger partial charge in [-0.3, -0.25) is 4.98 Å².